The van der Waals surface area contributed by atoms with Crippen molar-refractivity contribution >= 4 is 45.1 Å². The molecule has 1 amide bonds. The average molecular weight is 449 g/mol. The molecule has 2 aromatic heterocycles. The average Bonchev–Trinajstić information content (AvgIpc) is 2.76. The molecule has 1 fully saturated rings. The van der Waals surface area contributed by atoms with Crippen LogP contribution in [-0.4, -0.2) is 50.3 Å². The summed E-state index contributed by atoms with van der Waals surface area (Å²) in [6.45, 7) is 2.43. The van der Waals surface area contributed by atoms with Crippen LogP contribution in [0.4, 0.5) is 5.82 Å². The summed E-state index contributed by atoms with van der Waals surface area (Å²) in [5, 5.41) is 2.29. The molecule has 0 unspecified atom stereocenters. The molecular weight excluding hydrogens is 428 g/mol. The van der Waals surface area contributed by atoms with Gasteiger partial charge in [-0.1, -0.05) is 17.7 Å². The van der Waals surface area contributed by atoms with Gasteiger partial charge in [-0.05, 0) is 42.0 Å². The fourth-order valence-corrected chi connectivity index (χ4v) is 4.26. The van der Waals surface area contributed by atoms with Crippen LogP contribution >= 0.6 is 11.6 Å². The SMILES string of the molecule is Nc1ncnc2cc(CN3CCN(Cc4cc5cc(Cl)ccc5[nH]c4=O)CC3=O)ccc12. The molecular formula is C23H21ClN6O2. The molecule has 0 atom stereocenters. The number of piperazine rings is 1. The largest absolute Gasteiger partial charge is 0.383 e. The van der Waals surface area contributed by atoms with Gasteiger partial charge < -0.3 is 15.6 Å². The number of nitrogens with one attached hydrogen (secondary N) is 1. The number of amides is 1. The number of pyridine rings is 1. The Morgan fingerprint density at radius 1 is 1.03 bits per heavy atom. The van der Waals surface area contributed by atoms with Crippen molar-refractivity contribution in [2.24, 2.45) is 0 Å². The minimum atomic E-state index is -0.146. The molecule has 0 bridgehead atoms. The molecule has 1 aliphatic heterocycles. The number of aromatic amines is 1. The zero-order valence-corrected chi connectivity index (χ0v) is 18.0. The highest BCUT2D eigenvalue weighted by Crippen LogP contribution is 2.21. The Morgan fingerprint density at radius 3 is 2.75 bits per heavy atom. The van der Waals surface area contributed by atoms with Crippen molar-refractivity contribution in [3.63, 3.8) is 0 Å². The summed E-state index contributed by atoms with van der Waals surface area (Å²) >= 11 is 6.08. The summed E-state index contributed by atoms with van der Waals surface area (Å²) in [4.78, 5) is 40.3. The molecule has 3 N–H and O–H groups in total. The van der Waals surface area contributed by atoms with Crippen LogP contribution in [-0.2, 0) is 17.9 Å². The van der Waals surface area contributed by atoms with Gasteiger partial charge in [0.15, 0.2) is 0 Å². The highest BCUT2D eigenvalue weighted by Gasteiger charge is 2.24. The van der Waals surface area contributed by atoms with E-state index in [0.29, 0.717) is 42.6 Å². The van der Waals surface area contributed by atoms with Crippen molar-refractivity contribution in [3.05, 3.63) is 75.3 Å². The van der Waals surface area contributed by atoms with Crippen LogP contribution in [0.1, 0.15) is 11.1 Å². The molecule has 1 saturated heterocycles. The molecule has 0 saturated carbocycles. The summed E-state index contributed by atoms with van der Waals surface area (Å²) in [5.74, 6) is 0.469. The van der Waals surface area contributed by atoms with Gasteiger partial charge in [0.05, 0.1) is 12.1 Å². The van der Waals surface area contributed by atoms with E-state index >= 15 is 0 Å². The Hall–Kier alpha value is -3.49. The Kier molecular flexibility index (Phi) is 5.24. The van der Waals surface area contributed by atoms with E-state index < -0.39 is 0 Å². The predicted octanol–water partition coefficient (Wildman–Crippen LogP) is 2.55. The second kappa shape index (κ2) is 8.22. The molecule has 2 aromatic carbocycles. The predicted molar refractivity (Wildman–Crippen MR) is 124 cm³/mol. The molecule has 3 heterocycles. The quantitative estimate of drug-likeness (QED) is 0.496. The van der Waals surface area contributed by atoms with Crippen molar-refractivity contribution < 1.29 is 4.79 Å². The lowest BCUT2D eigenvalue weighted by Crippen LogP contribution is -2.49. The number of hydrogen-bond donors (Lipinski definition) is 2. The van der Waals surface area contributed by atoms with Crippen LogP contribution < -0.4 is 11.3 Å². The summed E-state index contributed by atoms with van der Waals surface area (Å²) in [7, 11) is 0. The number of fused-ring (bicyclic) bond motifs is 2. The van der Waals surface area contributed by atoms with Crippen LogP contribution in [0.2, 0.25) is 5.02 Å². The number of hydrogen-bond acceptors (Lipinski definition) is 6. The van der Waals surface area contributed by atoms with Crippen LogP contribution in [0.5, 0.6) is 0 Å². The molecule has 9 heteroatoms. The zero-order valence-electron chi connectivity index (χ0n) is 17.2. The number of nitrogens with zero attached hydrogens (tertiary/aromatic N) is 4. The molecule has 0 spiro atoms. The van der Waals surface area contributed by atoms with Crippen LogP contribution in [0, 0.1) is 0 Å². The van der Waals surface area contributed by atoms with Crippen molar-refractivity contribution in [3.8, 4) is 0 Å². The highest BCUT2D eigenvalue weighted by atomic mass is 35.5. The van der Waals surface area contributed by atoms with Crippen LogP contribution in [0.25, 0.3) is 21.8 Å². The first kappa shape index (κ1) is 20.4. The first-order valence-electron chi connectivity index (χ1n) is 10.3. The second-order valence-corrected chi connectivity index (χ2v) is 8.43. The lowest BCUT2D eigenvalue weighted by atomic mass is 10.1. The van der Waals surface area contributed by atoms with Crippen molar-refractivity contribution in [2.45, 2.75) is 13.1 Å². The van der Waals surface area contributed by atoms with E-state index in [4.69, 9.17) is 17.3 Å². The number of nitrogens with two attached hydrogens (primary N) is 1. The first-order chi connectivity index (χ1) is 15.5. The molecule has 0 radical (unpaired) electrons. The summed E-state index contributed by atoms with van der Waals surface area (Å²) in [5.41, 5.74) is 8.85. The molecule has 32 heavy (non-hydrogen) atoms. The van der Waals surface area contributed by atoms with E-state index in [9.17, 15) is 9.59 Å². The standard InChI is InChI=1S/C23H21ClN6O2/c24-17-2-4-19-15(9-17)8-16(23(32)28-19)11-29-5-6-30(21(31)12-29)10-14-1-3-18-20(7-14)26-13-27-22(18)25/h1-4,7-9,13H,5-6,10-12H2,(H,28,32)(H2,25,26,27). The number of carbonyl (C=O) groups excluding carboxylic acids is 1. The fraction of sp³-hybridized carbons (Fsp3) is 0.217. The smallest absolute Gasteiger partial charge is 0.252 e. The Labute approximate surface area is 188 Å². The van der Waals surface area contributed by atoms with E-state index in [1.165, 1.54) is 6.33 Å². The van der Waals surface area contributed by atoms with Gasteiger partial charge in [0.1, 0.15) is 12.1 Å². The van der Waals surface area contributed by atoms with Gasteiger partial charge in [0.2, 0.25) is 5.91 Å². The lowest BCUT2D eigenvalue weighted by molar-refractivity contribution is -0.136. The summed E-state index contributed by atoms with van der Waals surface area (Å²) < 4.78 is 0. The normalized spacial score (nSPS) is 15.0. The number of carbonyl (C=O) groups is 1. The van der Waals surface area contributed by atoms with E-state index in [1.807, 2.05) is 40.1 Å². The minimum Gasteiger partial charge on any atom is -0.383 e. The van der Waals surface area contributed by atoms with E-state index in [0.717, 1.165) is 27.4 Å². The van der Waals surface area contributed by atoms with Gasteiger partial charge in [0, 0.05) is 53.1 Å². The first-order valence-corrected chi connectivity index (χ1v) is 10.6. The summed E-state index contributed by atoms with van der Waals surface area (Å²) in [6, 6.07) is 13.0. The number of benzene rings is 2. The van der Waals surface area contributed by atoms with Gasteiger partial charge in [-0.15, -0.1) is 0 Å². The number of nitrogen functional groups attached to an aromatic ring is 1. The number of rotatable bonds is 4. The molecule has 5 rings (SSSR count). The molecule has 4 aromatic rings. The molecule has 162 valence electrons. The third-order valence-corrected chi connectivity index (χ3v) is 6.02. The summed E-state index contributed by atoms with van der Waals surface area (Å²) in [6.07, 6.45) is 1.44. The van der Waals surface area contributed by atoms with E-state index in [1.54, 1.807) is 12.1 Å². The van der Waals surface area contributed by atoms with Crippen molar-refractivity contribution in [1.82, 2.24) is 24.8 Å². The number of anilines is 1. The number of halogens is 1. The number of H-pyrrole nitrogens is 1. The topological polar surface area (TPSA) is 108 Å². The zero-order chi connectivity index (χ0) is 22.2. The van der Waals surface area contributed by atoms with Gasteiger partial charge >= 0.3 is 0 Å². The maximum Gasteiger partial charge on any atom is 0.252 e. The third-order valence-electron chi connectivity index (χ3n) is 5.78. The van der Waals surface area contributed by atoms with Gasteiger partial charge in [-0.2, -0.15) is 0 Å². The monoisotopic (exact) mass is 448 g/mol. The van der Waals surface area contributed by atoms with Gasteiger partial charge in [-0.3, -0.25) is 14.5 Å². The second-order valence-electron chi connectivity index (χ2n) is 7.99. The fourth-order valence-electron chi connectivity index (χ4n) is 4.08. The van der Waals surface area contributed by atoms with Crippen LogP contribution in [0.15, 0.2) is 53.6 Å². The molecule has 0 aliphatic carbocycles. The molecule has 8 nitrogen and oxygen atoms in total. The third kappa shape index (κ3) is 4.02. The van der Waals surface area contributed by atoms with E-state index in [2.05, 4.69) is 15.0 Å². The lowest BCUT2D eigenvalue weighted by Gasteiger charge is -2.34. The maximum absolute atomic E-state index is 12.8. The van der Waals surface area contributed by atoms with Gasteiger partial charge in [-0.25, -0.2) is 9.97 Å². The maximum atomic E-state index is 12.8. The van der Waals surface area contributed by atoms with E-state index in [-0.39, 0.29) is 18.0 Å². The van der Waals surface area contributed by atoms with Crippen molar-refractivity contribution in [2.75, 3.05) is 25.4 Å². The highest BCUT2D eigenvalue weighted by molar-refractivity contribution is 6.31. The van der Waals surface area contributed by atoms with Gasteiger partial charge in [0.25, 0.3) is 5.56 Å². The minimum absolute atomic E-state index is 0.0267. The number of aromatic nitrogens is 3. The Morgan fingerprint density at radius 2 is 1.91 bits per heavy atom. The molecule has 1 aliphatic rings. The van der Waals surface area contributed by atoms with Crippen LogP contribution in [0.3, 0.4) is 0 Å². The van der Waals surface area contributed by atoms with Crippen molar-refractivity contribution in [1.29, 1.82) is 0 Å². The Bertz CT molecular complexity index is 1400. The Balaban J connectivity index is 1.28.